The Morgan fingerprint density at radius 2 is 1.55 bits per heavy atom. The number of para-hydroxylation sites is 1. The van der Waals surface area contributed by atoms with Crippen LogP contribution in [0.15, 0.2) is 83.8 Å². The van der Waals surface area contributed by atoms with Crippen LogP contribution < -0.4 is 5.32 Å². The van der Waals surface area contributed by atoms with Crippen LogP contribution in [0.25, 0.3) is 0 Å². The Morgan fingerprint density at radius 3 is 2.31 bits per heavy atom. The van der Waals surface area contributed by atoms with Crippen LogP contribution in [0.5, 0.6) is 0 Å². The summed E-state index contributed by atoms with van der Waals surface area (Å²) < 4.78 is 4.75. The van der Waals surface area contributed by atoms with E-state index in [-0.39, 0.29) is 23.0 Å². The van der Waals surface area contributed by atoms with Crippen molar-refractivity contribution in [2.45, 2.75) is 4.90 Å². The number of thioether (sulfide) groups is 1. The number of Topliss-reactive ketones (excluding diaryl/α,β-unsaturated/α-hetero) is 1. The van der Waals surface area contributed by atoms with Crippen LogP contribution in [0.1, 0.15) is 31.1 Å². The number of methoxy groups -OCH3 is 1. The molecule has 0 bridgehead atoms. The van der Waals surface area contributed by atoms with E-state index in [1.165, 1.54) is 18.9 Å². The zero-order chi connectivity index (χ0) is 20.6. The molecule has 0 atom stereocenters. The highest BCUT2D eigenvalue weighted by atomic mass is 32.2. The Kier molecular flexibility index (Phi) is 6.81. The molecule has 0 saturated heterocycles. The van der Waals surface area contributed by atoms with Crippen molar-refractivity contribution >= 4 is 35.1 Å². The van der Waals surface area contributed by atoms with Crippen LogP contribution in [0.2, 0.25) is 0 Å². The largest absolute Gasteiger partial charge is 0.465 e. The summed E-state index contributed by atoms with van der Waals surface area (Å²) >= 11 is 1.37. The summed E-state index contributed by atoms with van der Waals surface area (Å²) in [5.74, 6) is -0.569. The quantitative estimate of drug-likeness (QED) is 0.350. The standard InChI is InChI=1S/C23H19NO4S/c1-28-23(27)19-12-5-6-13-20(19)24-22(26)17-10-7-11-18(14-17)29-15-21(25)16-8-3-2-4-9-16/h2-14H,15H2,1H3,(H,24,26). The first kappa shape index (κ1) is 20.4. The number of carbonyl (C=O) groups is 3. The summed E-state index contributed by atoms with van der Waals surface area (Å²) in [5.41, 5.74) is 1.75. The number of benzene rings is 3. The van der Waals surface area contributed by atoms with Gasteiger partial charge in [0.2, 0.25) is 0 Å². The van der Waals surface area contributed by atoms with Crippen LogP contribution in [-0.4, -0.2) is 30.5 Å². The topological polar surface area (TPSA) is 72.5 Å². The molecule has 0 fully saturated rings. The summed E-state index contributed by atoms with van der Waals surface area (Å²) in [6, 6.07) is 22.7. The van der Waals surface area contributed by atoms with Crippen molar-refractivity contribution in [1.29, 1.82) is 0 Å². The predicted molar refractivity (Wildman–Crippen MR) is 114 cm³/mol. The Labute approximate surface area is 173 Å². The molecule has 6 heteroatoms. The third-order valence-electron chi connectivity index (χ3n) is 4.14. The van der Waals surface area contributed by atoms with Crippen LogP contribution in [0.4, 0.5) is 5.69 Å². The number of nitrogens with one attached hydrogen (secondary N) is 1. The summed E-state index contributed by atoms with van der Waals surface area (Å²) in [4.78, 5) is 37.6. The van der Waals surface area contributed by atoms with Gasteiger partial charge in [-0.05, 0) is 30.3 Å². The van der Waals surface area contributed by atoms with Crippen molar-refractivity contribution in [2.24, 2.45) is 0 Å². The first-order valence-electron chi connectivity index (χ1n) is 8.88. The Bertz CT molecular complexity index is 1030. The summed E-state index contributed by atoms with van der Waals surface area (Å²) in [6.45, 7) is 0. The molecular weight excluding hydrogens is 386 g/mol. The zero-order valence-electron chi connectivity index (χ0n) is 15.8. The van der Waals surface area contributed by atoms with Gasteiger partial charge in [-0.25, -0.2) is 4.79 Å². The fraction of sp³-hybridized carbons (Fsp3) is 0.0870. The highest BCUT2D eigenvalue weighted by Crippen LogP contribution is 2.22. The molecule has 3 aromatic rings. The molecule has 0 spiro atoms. The van der Waals surface area contributed by atoms with Crippen molar-refractivity contribution in [3.63, 3.8) is 0 Å². The van der Waals surface area contributed by atoms with E-state index in [1.807, 2.05) is 24.3 Å². The van der Waals surface area contributed by atoms with Crippen LogP contribution >= 0.6 is 11.8 Å². The fourth-order valence-corrected chi connectivity index (χ4v) is 3.51. The monoisotopic (exact) mass is 405 g/mol. The number of rotatable bonds is 7. The average molecular weight is 405 g/mol. The second-order valence-electron chi connectivity index (χ2n) is 6.10. The molecule has 146 valence electrons. The molecule has 0 radical (unpaired) electrons. The molecule has 0 aromatic heterocycles. The second kappa shape index (κ2) is 9.71. The molecule has 0 aliphatic heterocycles. The normalized spacial score (nSPS) is 10.2. The lowest BCUT2D eigenvalue weighted by atomic mass is 10.1. The third-order valence-corrected chi connectivity index (χ3v) is 5.14. The Balaban J connectivity index is 1.69. The Hall–Kier alpha value is -3.38. The van der Waals surface area contributed by atoms with Gasteiger partial charge >= 0.3 is 5.97 Å². The van der Waals surface area contributed by atoms with Crippen LogP contribution in [-0.2, 0) is 4.74 Å². The van der Waals surface area contributed by atoms with Gasteiger partial charge in [-0.1, -0.05) is 48.5 Å². The van der Waals surface area contributed by atoms with Gasteiger partial charge in [0.15, 0.2) is 5.78 Å². The predicted octanol–water partition coefficient (Wildman–Crippen LogP) is 4.70. The summed E-state index contributed by atoms with van der Waals surface area (Å²) in [6.07, 6.45) is 0. The first-order chi connectivity index (χ1) is 14.1. The minimum atomic E-state index is -0.523. The van der Waals surface area contributed by atoms with Gasteiger partial charge < -0.3 is 10.1 Å². The molecule has 0 aliphatic rings. The van der Waals surface area contributed by atoms with Gasteiger partial charge in [0.05, 0.1) is 24.1 Å². The highest BCUT2D eigenvalue weighted by Gasteiger charge is 2.15. The number of hydrogen-bond acceptors (Lipinski definition) is 5. The Morgan fingerprint density at radius 1 is 0.862 bits per heavy atom. The molecule has 1 N–H and O–H groups in total. The van der Waals surface area contributed by atoms with Gasteiger partial charge in [0.1, 0.15) is 0 Å². The van der Waals surface area contributed by atoms with Crippen LogP contribution in [0.3, 0.4) is 0 Å². The van der Waals surface area contributed by atoms with E-state index in [9.17, 15) is 14.4 Å². The van der Waals surface area contributed by atoms with Crippen molar-refractivity contribution in [3.05, 3.63) is 95.6 Å². The maximum Gasteiger partial charge on any atom is 0.339 e. The van der Waals surface area contributed by atoms with Crippen molar-refractivity contribution < 1.29 is 19.1 Å². The van der Waals surface area contributed by atoms with Gasteiger partial charge in [-0.3, -0.25) is 9.59 Å². The van der Waals surface area contributed by atoms with Gasteiger partial charge in [-0.2, -0.15) is 0 Å². The zero-order valence-corrected chi connectivity index (χ0v) is 16.6. The van der Waals surface area contributed by atoms with E-state index in [0.29, 0.717) is 16.8 Å². The molecule has 3 aromatic carbocycles. The number of ketones is 1. The molecule has 0 heterocycles. The smallest absolute Gasteiger partial charge is 0.339 e. The van der Waals surface area contributed by atoms with Crippen molar-refractivity contribution in [2.75, 3.05) is 18.2 Å². The molecule has 5 nitrogen and oxygen atoms in total. The molecule has 0 saturated carbocycles. The summed E-state index contributed by atoms with van der Waals surface area (Å²) in [5, 5.41) is 2.74. The lowest BCUT2D eigenvalue weighted by Crippen LogP contribution is -2.15. The molecule has 0 aliphatic carbocycles. The molecule has 0 unspecified atom stereocenters. The van der Waals surface area contributed by atoms with E-state index >= 15 is 0 Å². The maximum absolute atomic E-state index is 12.6. The van der Waals surface area contributed by atoms with Gasteiger partial charge in [0.25, 0.3) is 5.91 Å². The van der Waals surface area contributed by atoms with Crippen molar-refractivity contribution in [3.8, 4) is 0 Å². The molecule has 3 rings (SSSR count). The fourth-order valence-electron chi connectivity index (χ4n) is 2.66. The van der Waals surface area contributed by atoms with E-state index in [0.717, 1.165) is 4.90 Å². The lowest BCUT2D eigenvalue weighted by Gasteiger charge is -2.10. The third kappa shape index (κ3) is 5.33. The second-order valence-corrected chi connectivity index (χ2v) is 7.15. The van der Waals surface area contributed by atoms with Gasteiger partial charge in [-0.15, -0.1) is 11.8 Å². The first-order valence-corrected chi connectivity index (χ1v) is 9.87. The molecule has 1 amide bonds. The maximum atomic E-state index is 12.6. The average Bonchev–Trinajstić information content (AvgIpc) is 2.78. The number of amides is 1. The van der Waals surface area contributed by atoms with Crippen LogP contribution in [0, 0.1) is 0 Å². The van der Waals surface area contributed by atoms with Gasteiger partial charge in [0, 0.05) is 16.0 Å². The molecular formula is C23H19NO4S. The van der Waals surface area contributed by atoms with E-state index in [1.54, 1.807) is 54.6 Å². The SMILES string of the molecule is COC(=O)c1ccccc1NC(=O)c1cccc(SCC(=O)c2ccccc2)c1. The van der Waals surface area contributed by atoms with E-state index < -0.39 is 5.97 Å². The minimum Gasteiger partial charge on any atom is -0.465 e. The number of anilines is 1. The lowest BCUT2D eigenvalue weighted by molar-refractivity contribution is 0.0601. The summed E-state index contributed by atoms with van der Waals surface area (Å²) in [7, 11) is 1.29. The number of ether oxygens (including phenoxy) is 1. The molecule has 29 heavy (non-hydrogen) atoms. The number of esters is 1. The number of hydrogen-bond donors (Lipinski definition) is 1. The minimum absolute atomic E-state index is 0.0254. The van der Waals surface area contributed by atoms with Crippen molar-refractivity contribution in [1.82, 2.24) is 0 Å². The number of carbonyl (C=O) groups excluding carboxylic acids is 3. The van der Waals surface area contributed by atoms with E-state index in [2.05, 4.69) is 5.32 Å². The highest BCUT2D eigenvalue weighted by molar-refractivity contribution is 8.00. The van der Waals surface area contributed by atoms with E-state index in [4.69, 9.17) is 4.74 Å².